The van der Waals surface area contributed by atoms with Crippen LogP contribution >= 0.6 is 0 Å². The van der Waals surface area contributed by atoms with Crippen LogP contribution in [-0.4, -0.2) is 24.3 Å². The second-order valence-corrected chi connectivity index (χ2v) is 5.62. The average molecular weight is 226 g/mol. The second-order valence-electron chi connectivity index (χ2n) is 5.62. The van der Waals surface area contributed by atoms with E-state index in [1.807, 2.05) is 0 Å². The first-order chi connectivity index (χ1) is 7.61. The Morgan fingerprint density at radius 1 is 1.06 bits per heavy atom. The summed E-state index contributed by atoms with van der Waals surface area (Å²) in [6.45, 7) is 3.41. The SMILES string of the molecule is CC1(C2(C(=O)O)CCOCC2)CCCCC1. The highest BCUT2D eigenvalue weighted by molar-refractivity contribution is 5.76. The van der Waals surface area contributed by atoms with Gasteiger partial charge in [0.2, 0.25) is 0 Å². The summed E-state index contributed by atoms with van der Waals surface area (Å²) in [4.78, 5) is 11.7. The molecule has 0 atom stereocenters. The molecular weight excluding hydrogens is 204 g/mol. The van der Waals surface area contributed by atoms with Crippen molar-refractivity contribution >= 4 is 5.97 Å². The number of hydrogen-bond donors (Lipinski definition) is 1. The molecule has 0 radical (unpaired) electrons. The molecule has 0 aromatic carbocycles. The van der Waals surface area contributed by atoms with Gasteiger partial charge in [-0.3, -0.25) is 4.79 Å². The Morgan fingerprint density at radius 2 is 1.62 bits per heavy atom. The number of carbonyl (C=O) groups is 1. The molecule has 0 aromatic heterocycles. The van der Waals surface area contributed by atoms with E-state index in [9.17, 15) is 9.90 Å². The number of hydrogen-bond acceptors (Lipinski definition) is 2. The van der Waals surface area contributed by atoms with Crippen molar-refractivity contribution in [1.29, 1.82) is 0 Å². The molecule has 1 N–H and O–H groups in total. The maximum absolute atomic E-state index is 11.7. The molecule has 92 valence electrons. The molecule has 2 aliphatic rings. The molecule has 2 fully saturated rings. The van der Waals surface area contributed by atoms with Crippen molar-refractivity contribution in [1.82, 2.24) is 0 Å². The first kappa shape index (κ1) is 11.9. The predicted molar refractivity (Wildman–Crippen MR) is 61.3 cm³/mol. The van der Waals surface area contributed by atoms with Crippen molar-refractivity contribution in [2.45, 2.75) is 51.9 Å². The minimum Gasteiger partial charge on any atom is -0.481 e. The lowest BCUT2D eigenvalue weighted by atomic mass is 9.55. The van der Waals surface area contributed by atoms with Crippen molar-refractivity contribution in [3.8, 4) is 0 Å². The molecule has 1 heterocycles. The third-order valence-corrected chi connectivity index (χ3v) is 4.87. The van der Waals surface area contributed by atoms with Crippen molar-refractivity contribution in [2.24, 2.45) is 10.8 Å². The quantitative estimate of drug-likeness (QED) is 0.787. The molecule has 0 bridgehead atoms. The summed E-state index contributed by atoms with van der Waals surface area (Å²) in [5.41, 5.74) is -0.535. The van der Waals surface area contributed by atoms with Gasteiger partial charge in [0.1, 0.15) is 0 Å². The molecule has 1 saturated heterocycles. The molecule has 3 nitrogen and oxygen atoms in total. The van der Waals surface area contributed by atoms with Gasteiger partial charge in [0.25, 0.3) is 0 Å². The van der Waals surface area contributed by atoms with E-state index in [4.69, 9.17) is 4.74 Å². The summed E-state index contributed by atoms with van der Waals surface area (Å²) in [7, 11) is 0. The average Bonchev–Trinajstić information content (AvgIpc) is 2.30. The van der Waals surface area contributed by atoms with Gasteiger partial charge in [-0.1, -0.05) is 26.2 Å². The number of carboxylic acid groups (broad SMARTS) is 1. The Kier molecular flexibility index (Phi) is 3.24. The Hall–Kier alpha value is -0.570. The predicted octanol–water partition coefficient (Wildman–Crippen LogP) is 2.84. The zero-order valence-corrected chi connectivity index (χ0v) is 10.1. The van der Waals surface area contributed by atoms with Gasteiger partial charge in [0, 0.05) is 13.2 Å². The van der Waals surface area contributed by atoms with Gasteiger partial charge in [-0.05, 0) is 31.1 Å². The fraction of sp³-hybridized carbons (Fsp3) is 0.923. The smallest absolute Gasteiger partial charge is 0.310 e. The lowest BCUT2D eigenvalue weighted by Crippen LogP contribution is -2.50. The molecule has 1 saturated carbocycles. The van der Waals surface area contributed by atoms with Crippen LogP contribution in [0.1, 0.15) is 51.9 Å². The van der Waals surface area contributed by atoms with E-state index in [0.717, 1.165) is 12.8 Å². The van der Waals surface area contributed by atoms with E-state index in [2.05, 4.69) is 6.92 Å². The lowest BCUT2D eigenvalue weighted by Gasteiger charge is -2.50. The highest BCUT2D eigenvalue weighted by Crippen LogP contribution is 2.54. The standard InChI is InChI=1S/C13H22O3/c1-12(5-3-2-4-6-12)13(11(14)15)7-9-16-10-8-13/h2-10H2,1H3,(H,14,15). The molecular formula is C13H22O3. The van der Waals surface area contributed by atoms with Crippen molar-refractivity contribution in [2.75, 3.05) is 13.2 Å². The summed E-state index contributed by atoms with van der Waals surface area (Å²) in [6.07, 6.45) is 7.16. The van der Waals surface area contributed by atoms with Crippen molar-refractivity contribution in [3.63, 3.8) is 0 Å². The maximum atomic E-state index is 11.7. The van der Waals surface area contributed by atoms with E-state index in [0.29, 0.717) is 26.1 Å². The summed E-state index contributed by atoms with van der Waals surface area (Å²) < 4.78 is 5.35. The molecule has 0 amide bonds. The monoisotopic (exact) mass is 226 g/mol. The first-order valence-corrected chi connectivity index (χ1v) is 6.42. The second kappa shape index (κ2) is 4.36. The summed E-state index contributed by atoms with van der Waals surface area (Å²) in [5, 5.41) is 9.65. The number of ether oxygens (including phenoxy) is 1. The van der Waals surface area contributed by atoms with Crippen LogP contribution < -0.4 is 0 Å². The summed E-state index contributed by atoms with van der Waals surface area (Å²) in [5.74, 6) is -0.597. The third kappa shape index (κ3) is 1.75. The Morgan fingerprint density at radius 3 is 2.12 bits per heavy atom. The fourth-order valence-corrected chi connectivity index (χ4v) is 3.61. The van der Waals surface area contributed by atoms with Gasteiger partial charge < -0.3 is 9.84 Å². The van der Waals surface area contributed by atoms with Gasteiger partial charge in [0.15, 0.2) is 0 Å². The van der Waals surface area contributed by atoms with Crippen LogP contribution in [0, 0.1) is 10.8 Å². The normalized spacial score (nSPS) is 28.6. The van der Waals surface area contributed by atoms with Gasteiger partial charge in [-0.2, -0.15) is 0 Å². The Labute approximate surface area is 97.2 Å². The van der Waals surface area contributed by atoms with E-state index in [1.165, 1.54) is 19.3 Å². The molecule has 1 aliphatic heterocycles. The summed E-state index contributed by atoms with van der Waals surface area (Å²) >= 11 is 0. The Balaban J connectivity index is 2.26. The molecule has 1 aliphatic carbocycles. The van der Waals surface area contributed by atoms with Crippen LogP contribution in [0.25, 0.3) is 0 Å². The summed E-state index contributed by atoms with van der Waals surface area (Å²) in [6, 6.07) is 0. The van der Waals surface area contributed by atoms with Gasteiger partial charge >= 0.3 is 5.97 Å². The van der Waals surface area contributed by atoms with Crippen LogP contribution in [0.4, 0.5) is 0 Å². The largest absolute Gasteiger partial charge is 0.481 e. The molecule has 0 aromatic rings. The van der Waals surface area contributed by atoms with Crippen LogP contribution in [0.5, 0.6) is 0 Å². The lowest BCUT2D eigenvalue weighted by molar-refractivity contribution is -0.171. The molecule has 0 spiro atoms. The van der Waals surface area contributed by atoms with E-state index in [1.54, 1.807) is 0 Å². The number of aliphatic carboxylic acids is 1. The Bertz CT molecular complexity index is 260. The van der Waals surface area contributed by atoms with Gasteiger partial charge in [0.05, 0.1) is 5.41 Å². The molecule has 3 heteroatoms. The maximum Gasteiger partial charge on any atom is 0.310 e. The number of rotatable bonds is 2. The topological polar surface area (TPSA) is 46.5 Å². The van der Waals surface area contributed by atoms with Crippen molar-refractivity contribution in [3.05, 3.63) is 0 Å². The van der Waals surface area contributed by atoms with Gasteiger partial charge in [-0.25, -0.2) is 0 Å². The zero-order valence-electron chi connectivity index (χ0n) is 10.1. The highest BCUT2D eigenvalue weighted by Gasteiger charge is 2.54. The van der Waals surface area contributed by atoms with Crippen LogP contribution in [0.2, 0.25) is 0 Å². The minimum absolute atomic E-state index is 0.0130. The van der Waals surface area contributed by atoms with Crippen LogP contribution in [0.3, 0.4) is 0 Å². The fourth-order valence-electron chi connectivity index (χ4n) is 3.61. The first-order valence-electron chi connectivity index (χ1n) is 6.42. The minimum atomic E-state index is -0.597. The van der Waals surface area contributed by atoms with E-state index < -0.39 is 11.4 Å². The van der Waals surface area contributed by atoms with Crippen molar-refractivity contribution < 1.29 is 14.6 Å². The van der Waals surface area contributed by atoms with E-state index >= 15 is 0 Å². The van der Waals surface area contributed by atoms with Gasteiger partial charge in [-0.15, -0.1) is 0 Å². The number of carboxylic acids is 1. The highest BCUT2D eigenvalue weighted by atomic mass is 16.5. The van der Waals surface area contributed by atoms with Crippen LogP contribution in [0.15, 0.2) is 0 Å². The molecule has 2 rings (SSSR count). The van der Waals surface area contributed by atoms with E-state index in [-0.39, 0.29) is 5.41 Å². The molecule has 16 heavy (non-hydrogen) atoms. The molecule has 0 unspecified atom stereocenters. The third-order valence-electron chi connectivity index (χ3n) is 4.87. The zero-order chi connectivity index (χ0) is 11.6. The van der Waals surface area contributed by atoms with Crippen LogP contribution in [-0.2, 0) is 9.53 Å².